The molecule has 0 heterocycles. The first kappa shape index (κ1) is 9.00. The topological polar surface area (TPSA) is 40.1 Å². The van der Waals surface area contributed by atoms with Crippen LogP contribution in [0.25, 0.3) is 6.08 Å². The average molecular weight is 187 g/mol. The van der Waals surface area contributed by atoms with Gasteiger partial charge in [0.2, 0.25) is 0 Å². The fourth-order valence-corrected chi connectivity index (χ4v) is 1.87. The molecular weight excluding hydrogens is 176 g/mol. The Bertz CT molecular complexity index is 405. The van der Waals surface area contributed by atoms with Crippen molar-refractivity contribution in [2.45, 2.75) is 13.3 Å². The highest BCUT2D eigenvalue weighted by atomic mass is 16.4. The van der Waals surface area contributed by atoms with Crippen LogP contribution in [0.15, 0.2) is 29.8 Å². The summed E-state index contributed by atoms with van der Waals surface area (Å²) >= 11 is 0. The Balaban J connectivity index is 2.49. The number of rotatable bonds is 1. The van der Waals surface area contributed by atoms with E-state index in [1.165, 1.54) is 5.56 Å². The molecule has 0 saturated heterocycles. The van der Waals surface area contributed by atoms with Gasteiger partial charge < -0.3 is 9.90 Å². The first-order valence-corrected chi connectivity index (χ1v) is 4.69. The molecule has 2 nitrogen and oxygen atoms in total. The third-order valence-electron chi connectivity index (χ3n) is 2.66. The van der Waals surface area contributed by atoms with Crippen LogP contribution >= 0.6 is 0 Å². The van der Waals surface area contributed by atoms with Gasteiger partial charge in [0.25, 0.3) is 0 Å². The molecule has 14 heavy (non-hydrogen) atoms. The highest BCUT2D eigenvalue weighted by Crippen LogP contribution is 2.27. The first-order chi connectivity index (χ1) is 6.68. The summed E-state index contributed by atoms with van der Waals surface area (Å²) in [7, 11) is 0. The van der Waals surface area contributed by atoms with Crippen LogP contribution in [-0.2, 0) is 11.2 Å². The van der Waals surface area contributed by atoms with Gasteiger partial charge in [0, 0.05) is 0 Å². The zero-order valence-electron chi connectivity index (χ0n) is 7.99. The molecule has 0 amide bonds. The second-order valence-electron chi connectivity index (χ2n) is 3.69. The van der Waals surface area contributed by atoms with Crippen LogP contribution < -0.4 is 5.11 Å². The minimum atomic E-state index is -1.05. The second-order valence-corrected chi connectivity index (χ2v) is 3.69. The average Bonchev–Trinajstić information content (AvgIpc) is 2.16. The van der Waals surface area contributed by atoms with Crippen LogP contribution in [0.3, 0.4) is 0 Å². The number of benzene rings is 1. The quantitative estimate of drug-likeness (QED) is 0.658. The van der Waals surface area contributed by atoms with Crippen LogP contribution in [0.1, 0.15) is 18.1 Å². The molecule has 2 rings (SSSR count). The molecule has 2 heteroatoms. The van der Waals surface area contributed by atoms with Crippen LogP contribution in [0, 0.1) is 5.92 Å². The molecule has 1 aliphatic carbocycles. The molecule has 1 atom stereocenters. The maximum absolute atomic E-state index is 10.8. The van der Waals surface area contributed by atoms with E-state index < -0.39 is 5.97 Å². The van der Waals surface area contributed by atoms with Crippen molar-refractivity contribution in [2.75, 3.05) is 0 Å². The number of carboxylic acid groups (broad SMARTS) is 1. The Kier molecular flexibility index (Phi) is 2.12. The van der Waals surface area contributed by atoms with Gasteiger partial charge >= 0.3 is 0 Å². The van der Waals surface area contributed by atoms with Gasteiger partial charge in [-0.25, -0.2) is 0 Å². The minimum absolute atomic E-state index is 0.0508. The number of aliphatic carboxylic acids is 1. The van der Waals surface area contributed by atoms with Crippen LogP contribution in [0.4, 0.5) is 0 Å². The minimum Gasteiger partial charge on any atom is -0.545 e. The van der Waals surface area contributed by atoms with E-state index in [1.54, 1.807) is 6.08 Å². The highest BCUT2D eigenvalue weighted by molar-refractivity contribution is 5.92. The van der Waals surface area contributed by atoms with Crippen molar-refractivity contribution in [3.05, 3.63) is 41.0 Å². The van der Waals surface area contributed by atoms with E-state index in [0.717, 1.165) is 12.0 Å². The Morgan fingerprint density at radius 1 is 1.43 bits per heavy atom. The number of hydrogen-bond donors (Lipinski definition) is 0. The van der Waals surface area contributed by atoms with E-state index >= 15 is 0 Å². The van der Waals surface area contributed by atoms with Gasteiger partial charge in [-0.15, -0.1) is 0 Å². The molecule has 1 aliphatic rings. The summed E-state index contributed by atoms with van der Waals surface area (Å²) in [5.74, 6) is -0.998. The fraction of sp³-hybridized carbons (Fsp3) is 0.250. The number of carboxylic acids is 1. The Morgan fingerprint density at radius 3 is 2.86 bits per heavy atom. The SMILES string of the molecule is C[C@H]1Cc2ccccc2C=C1C(=O)[O-]. The summed E-state index contributed by atoms with van der Waals surface area (Å²) in [6.45, 7) is 1.91. The zero-order valence-corrected chi connectivity index (χ0v) is 7.99. The molecule has 1 aromatic rings. The van der Waals surface area contributed by atoms with Crippen molar-refractivity contribution in [3.63, 3.8) is 0 Å². The van der Waals surface area contributed by atoms with Crippen molar-refractivity contribution in [1.82, 2.24) is 0 Å². The molecule has 0 aromatic heterocycles. The Hall–Kier alpha value is -1.57. The summed E-state index contributed by atoms with van der Waals surface area (Å²) in [5, 5.41) is 10.8. The number of carbonyl (C=O) groups is 1. The lowest BCUT2D eigenvalue weighted by molar-refractivity contribution is -0.299. The van der Waals surface area contributed by atoms with Crippen LogP contribution in [-0.4, -0.2) is 5.97 Å². The Labute approximate surface area is 82.9 Å². The fourth-order valence-electron chi connectivity index (χ4n) is 1.87. The normalized spacial score (nSPS) is 19.8. The number of fused-ring (bicyclic) bond motifs is 1. The van der Waals surface area contributed by atoms with Crippen LogP contribution in [0.2, 0.25) is 0 Å². The second kappa shape index (κ2) is 3.29. The van der Waals surface area contributed by atoms with Crippen molar-refractivity contribution in [2.24, 2.45) is 5.92 Å². The summed E-state index contributed by atoms with van der Waals surface area (Å²) < 4.78 is 0. The number of carbonyl (C=O) groups excluding carboxylic acids is 1. The lowest BCUT2D eigenvalue weighted by atomic mass is 9.85. The molecule has 0 fully saturated rings. The van der Waals surface area contributed by atoms with Gasteiger partial charge in [-0.1, -0.05) is 31.2 Å². The molecule has 72 valence electrons. The van der Waals surface area contributed by atoms with E-state index in [9.17, 15) is 9.90 Å². The zero-order chi connectivity index (χ0) is 10.1. The molecule has 0 bridgehead atoms. The predicted molar refractivity (Wildman–Crippen MR) is 52.3 cm³/mol. The molecular formula is C12H11O2-. The largest absolute Gasteiger partial charge is 0.545 e. The van der Waals surface area contributed by atoms with Gasteiger partial charge in [0.05, 0.1) is 5.97 Å². The maximum atomic E-state index is 10.8. The molecule has 1 aromatic carbocycles. The van der Waals surface area contributed by atoms with Crippen molar-refractivity contribution in [3.8, 4) is 0 Å². The van der Waals surface area contributed by atoms with Crippen molar-refractivity contribution in [1.29, 1.82) is 0 Å². The van der Waals surface area contributed by atoms with Gasteiger partial charge in [-0.3, -0.25) is 0 Å². The maximum Gasteiger partial charge on any atom is 0.0677 e. The lowest BCUT2D eigenvalue weighted by Crippen LogP contribution is -2.29. The van der Waals surface area contributed by atoms with Gasteiger partial charge in [0.1, 0.15) is 0 Å². The van der Waals surface area contributed by atoms with E-state index in [1.807, 2.05) is 31.2 Å². The van der Waals surface area contributed by atoms with Gasteiger partial charge in [0.15, 0.2) is 0 Å². The van der Waals surface area contributed by atoms with Crippen LogP contribution in [0.5, 0.6) is 0 Å². The van der Waals surface area contributed by atoms with Crippen molar-refractivity contribution < 1.29 is 9.90 Å². The predicted octanol–water partition coefficient (Wildman–Crippen LogP) is 1.01. The molecule has 0 radical (unpaired) electrons. The molecule has 0 spiro atoms. The van der Waals surface area contributed by atoms with Crippen molar-refractivity contribution >= 4 is 12.0 Å². The van der Waals surface area contributed by atoms with Gasteiger partial charge in [-0.05, 0) is 35.1 Å². The molecule has 0 unspecified atom stereocenters. The molecule has 0 N–H and O–H groups in total. The Morgan fingerprint density at radius 2 is 2.14 bits per heavy atom. The monoisotopic (exact) mass is 187 g/mol. The summed E-state index contributed by atoms with van der Waals surface area (Å²) in [6.07, 6.45) is 2.51. The highest BCUT2D eigenvalue weighted by Gasteiger charge is 2.17. The standard InChI is InChI=1S/C12H12O2/c1-8-6-9-4-2-3-5-10(9)7-11(8)12(13)14/h2-5,7-8H,6H2,1H3,(H,13,14)/p-1/t8-/m0/s1. The smallest absolute Gasteiger partial charge is 0.0677 e. The van der Waals surface area contributed by atoms with E-state index in [-0.39, 0.29) is 5.92 Å². The number of hydrogen-bond acceptors (Lipinski definition) is 2. The summed E-state index contributed by atoms with van der Waals surface area (Å²) in [4.78, 5) is 10.8. The van der Waals surface area contributed by atoms with E-state index in [2.05, 4.69) is 0 Å². The third kappa shape index (κ3) is 1.43. The molecule has 0 saturated carbocycles. The van der Waals surface area contributed by atoms with Gasteiger partial charge in [-0.2, -0.15) is 0 Å². The molecule has 0 aliphatic heterocycles. The van der Waals surface area contributed by atoms with E-state index in [4.69, 9.17) is 0 Å². The lowest BCUT2D eigenvalue weighted by Gasteiger charge is -2.23. The summed E-state index contributed by atoms with van der Waals surface area (Å²) in [5.41, 5.74) is 2.62. The summed E-state index contributed by atoms with van der Waals surface area (Å²) in [6, 6.07) is 7.86. The first-order valence-electron chi connectivity index (χ1n) is 4.69. The third-order valence-corrected chi connectivity index (χ3v) is 2.66. The van der Waals surface area contributed by atoms with E-state index in [0.29, 0.717) is 5.57 Å².